The van der Waals surface area contributed by atoms with Crippen molar-refractivity contribution in [1.82, 2.24) is 4.90 Å². The first kappa shape index (κ1) is 18.4. The molecular weight excluding hydrogens is 328 g/mol. The molecule has 0 N–H and O–H groups in total. The van der Waals surface area contributed by atoms with Crippen LogP contribution in [0.4, 0.5) is 5.69 Å². The van der Waals surface area contributed by atoms with Gasteiger partial charge >= 0.3 is 0 Å². The van der Waals surface area contributed by atoms with Gasteiger partial charge in [-0.05, 0) is 62.9 Å². The molecule has 3 rings (SSSR count). The topological polar surface area (TPSA) is 55.6 Å². The van der Waals surface area contributed by atoms with Gasteiger partial charge in [-0.1, -0.05) is 29.8 Å². The van der Waals surface area contributed by atoms with E-state index in [1.807, 2.05) is 0 Å². The minimum Gasteiger partial charge on any atom is -0.492 e. The van der Waals surface area contributed by atoms with Crippen molar-refractivity contribution in [1.29, 1.82) is 0 Å². The fourth-order valence-electron chi connectivity index (χ4n) is 3.43. The Labute approximate surface area is 154 Å². The SMILES string of the molecule is Cc1ccc(CC2CCN(CCOc3ccc([N+](=O)[O-])cc3)CC2)cc1. The molecule has 1 heterocycles. The van der Waals surface area contributed by atoms with Crippen LogP contribution >= 0.6 is 0 Å². The Hall–Kier alpha value is -2.40. The average molecular weight is 354 g/mol. The molecule has 5 heteroatoms. The van der Waals surface area contributed by atoms with Gasteiger partial charge in [0.1, 0.15) is 12.4 Å². The van der Waals surface area contributed by atoms with E-state index in [1.165, 1.54) is 42.5 Å². The van der Waals surface area contributed by atoms with Crippen LogP contribution in [-0.4, -0.2) is 36.1 Å². The molecule has 0 unspecified atom stereocenters. The van der Waals surface area contributed by atoms with Crippen molar-refractivity contribution in [3.05, 3.63) is 69.8 Å². The fraction of sp³-hybridized carbons (Fsp3) is 0.429. The maximum atomic E-state index is 10.6. The van der Waals surface area contributed by atoms with Crippen molar-refractivity contribution < 1.29 is 9.66 Å². The van der Waals surface area contributed by atoms with Gasteiger partial charge in [0.25, 0.3) is 5.69 Å². The van der Waals surface area contributed by atoms with Crippen molar-refractivity contribution in [3.8, 4) is 5.75 Å². The van der Waals surface area contributed by atoms with Gasteiger partial charge in [0.2, 0.25) is 0 Å². The molecule has 0 bridgehead atoms. The van der Waals surface area contributed by atoms with E-state index >= 15 is 0 Å². The molecule has 0 aromatic heterocycles. The number of nitro benzene ring substituents is 1. The number of hydrogen-bond acceptors (Lipinski definition) is 4. The zero-order chi connectivity index (χ0) is 18.4. The molecule has 1 aliphatic rings. The van der Waals surface area contributed by atoms with Gasteiger partial charge in [-0.3, -0.25) is 15.0 Å². The zero-order valence-corrected chi connectivity index (χ0v) is 15.3. The third-order valence-electron chi connectivity index (χ3n) is 5.08. The van der Waals surface area contributed by atoms with Crippen molar-refractivity contribution >= 4 is 5.69 Å². The van der Waals surface area contributed by atoms with E-state index < -0.39 is 4.92 Å². The van der Waals surface area contributed by atoms with Crippen LogP contribution in [0.1, 0.15) is 24.0 Å². The lowest BCUT2D eigenvalue weighted by atomic mass is 9.90. The number of aryl methyl sites for hydroxylation is 1. The molecule has 0 amide bonds. The Kier molecular flexibility index (Phi) is 6.23. The Morgan fingerprint density at radius 3 is 2.35 bits per heavy atom. The lowest BCUT2D eigenvalue weighted by Crippen LogP contribution is -2.37. The van der Waals surface area contributed by atoms with Gasteiger partial charge in [-0.2, -0.15) is 0 Å². The van der Waals surface area contributed by atoms with Crippen LogP contribution in [0.25, 0.3) is 0 Å². The van der Waals surface area contributed by atoms with Gasteiger partial charge in [0.05, 0.1) is 4.92 Å². The molecule has 1 saturated heterocycles. The minimum atomic E-state index is -0.398. The first-order valence-corrected chi connectivity index (χ1v) is 9.25. The normalized spacial score (nSPS) is 15.7. The summed E-state index contributed by atoms with van der Waals surface area (Å²) in [6.45, 7) is 5.86. The quantitative estimate of drug-likeness (QED) is 0.551. The highest BCUT2D eigenvalue weighted by Crippen LogP contribution is 2.22. The second-order valence-electron chi connectivity index (χ2n) is 7.07. The molecule has 138 valence electrons. The summed E-state index contributed by atoms with van der Waals surface area (Å²) in [4.78, 5) is 12.7. The number of piperidine rings is 1. The molecule has 0 spiro atoms. The van der Waals surface area contributed by atoms with Gasteiger partial charge < -0.3 is 4.74 Å². The van der Waals surface area contributed by atoms with Crippen LogP contribution in [0.2, 0.25) is 0 Å². The van der Waals surface area contributed by atoms with Gasteiger partial charge in [0.15, 0.2) is 0 Å². The van der Waals surface area contributed by atoms with Crippen LogP contribution in [0.5, 0.6) is 5.75 Å². The monoisotopic (exact) mass is 354 g/mol. The van der Waals surface area contributed by atoms with Crippen LogP contribution in [0, 0.1) is 23.0 Å². The Balaban J connectivity index is 1.36. The lowest BCUT2D eigenvalue weighted by Gasteiger charge is -2.31. The first-order valence-electron chi connectivity index (χ1n) is 9.25. The van der Waals surface area contributed by atoms with Gasteiger partial charge in [-0.15, -0.1) is 0 Å². The minimum absolute atomic E-state index is 0.0907. The largest absolute Gasteiger partial charge is 0.492 e. The molecule has 2 aromatic carbocycles. The third-order valence-corrected chi connectivity index (χ3v) is 5.08. The number of nitro groups is 1. The first-order chi connectivity index (χ1) is 12.6. The summed E-state index contributed by atoms with van der Waals surface area (Å²) in [5.41, 5.74) is 2.85. The molecule has 5 nitrogen and oxygen atoms in total. The molecule has 26 heavy (non-hydrogen) atoms. The number of benzene rings is 2. The Morgan fingerprint density at radius 2 is 1.73 bits per heavy atom. The van der Waals surface area contributed by atoms with E-state index in [2.05, 4.69) is 36.1 Å². The molecule has 0 aliphatic carbocycles. The summed E-state index contributed by atoms with van der Waals surface area (Å²) in [6.07, 6.45) is 3.63. The molecule has 0 atom stereocenters. The molecular formula is C21H26N2O3. The predicted octanol–water partition coefficient (Wildman–Crippen LogP) is 4.24. The predicted molar refractivity (Wildman–Crippen MR) is 103 cm³/mol. The van der Waals surface area contributed by atoms with E-state index in [0.29, 0.717) is 12.4 Å². The van der Waals surface area contributed by atoms with Gasteiger partial charge in [0, 0.05) is 18.7 Å². The van der Waals surface area contributed by atoms with Crippen LogP contribution < -0.4 is 4.74 Å². The second-order valence-corrected chi connectivity index (χ2v) is 7.07. The van der Waals surface area contributed by atoms with E-state index in [0.717, 1.165) is 25.6 Å². The van der Waals surface area contributed by atoms with Crippen molar-refractivity contribution in [2.24, 2.45) is 5.92 Å². The lowest BCUT2D eigenvalue weighted by molar-refractivity contribution is -0.384. The summed E-state index contributed by atoms with van der Waals surface area (Å²) in [7, 11) is 0. The highest BCUT2D eigenvalue weighted by Gasteiger charge is 2.19. The summed E-state index contributed by atoms with van der Waals surface area (Å²) in [5, 5.41) is 10.6. The average Bonchev–Trinajstić information content (AvgIpc) is 2.65. The van der Waals surface area contributed by atoms with E-state index in [9.17, 15) is 10.1 Å². The highest BCUT2D eigenvalue weighted by atomic mass is 16.6. The van der Waals surface area contributed by atoms with Crippen molar-refractivity contribution in [2.75, 3.05) is 26.2 Å². The standard InChI is InChI=1S/C21H26N2O3/c1-17-2-4-18(5-3-17)16-19-10-12-22(13-11-19)14-15-26-21-8-6-20(7-9-21)23(24)25/h2-9,19H,10-16H2,1H3. The summed E-state index contributed by atoms with van der Waals surface area (Å²) in [5.74, 6) is 1.45. The number of nitrogens with zero attached hydrogens (tertiary/aromatic N) is 2. The summed E-state index contributed by atoms with van der Waals surface area (Å²) < 4.78 is 5.71. The summed E-state index contributed by atoms with van der Waals surface area (Å²) in [6, 6.07) is 15.2. The Morgan fingerprint density at radius 1 is 1.08 bits per heavy atom. The highest BCUT2D eigenvalue weighted by molar-refractivity contribution is 5.35. The van der Waals surface area contributed by atoms with Crippen LogP contribution in [-0.2, 0) is 6.42 Å². The summed E-state index contributed by atoms with van der Waals surface area (Å²) >= 11 is 0. The number of non-ortho nitro benzene ring substituents is 1. The fourth-order valence-corrected chi connectivity index (χ4v) is 3.43. The number of rotatable bonds is 7. The molecule has 1 aliphatic heterocycles. The molecule has 0 radical (unpaired) electrons. The zero-order valence-electron chi connectivity index (χ0n) is 15.3. The number of ether oxygens (including phenoxy) is 1. The maximum absolute atomic E-state index is 10.6. The number of hydrogen-bond donors (Lipinski definition) is 0. The molecule has 2 aromatic rings. The number of likely N-dealkylation sites (tertiary alicyclic amines) is 1. The maximum Gasteiger partial charge on any atom is 0.269 e. The van der Waals surface area contributed by atoms with Crippen molar-refractivity contribution in [3.63, 3.8) is 0 Å². The Bertz CT molecular complexity index is 705. The second kappa shape index (κ2) is 8.81. The third kappa shape index (κ3) is 5.30. The smallest absolute Gasteiger partial charge is 0.269 e. The van der Waals surface area contributed by atoms with E-state index in [4.69, 9.17) is 4.74 Å². The van der Waals surface area contributed by atoms with Crippen LogP contribution in [0.15, 0.2) is 48.5 Å². The van der Waals surface area contributed by atoms with E-state index in [1.54, 1.807) is 12.1 Å². The van der Waals surface area contributed by atoms with Crippen LogP contribution in [0.3, 0.4) is 0 Å². The van der Waals surface area contributed by atoms with Gasteiger partial charge in [-0.25, -0.2) is 0 Å². The molecule has 1 fully saturated rings. The van der Waals surface area contributed by atoms with E-state index in [-0.39, 0.29) is 5.69 Å². The van der Waals surface area contributed by atoms with Crippen molar-refractivity contribution in [2.45, 2.75) is 26.2 Å². The molecule has 0 saturated carbocycles.